The second-order valence-corrected chi connectivity index (χ2v) is 8.15. The highest BCUT2D eigenvalue weighted by Gasteiger charge is 2.29. The summed E-state index contributed by atoms with van der Waals surface area (Å²) in [6.45, 7) is -0.269. The molecule has 3 amide bonds. The van der Waals surface area contributed by atoms with Crippen molar-refractivity contribution in [3.63, 3.8) is 0 Å². The Hall–Kier alpha value is -2.39. The van der Waals surface area contributed by atoms with E-state index in [0.29, 0.717) is 16.3 Å². The number of nitrogens with one attached hydrogen (secondary N) is 3. The van der Waals surface area contributed by atoms with Crippen LogP contribution >= 0.6 is 27.3 Å². The molecule has 1 aromatic carbocycles. The standard InChI is InChI=1S/C17H16BrN3O4S/c18-14-7-6-13(26-14)17(24)21-20-15(22)9-25-12-3-1-2-11(8-12)19-16(23)10-4-5-10/h1-3,6-8,10H,4-5,9H2,(H,19,23)(H,20,22)(H,21,24). The Balaban J connectivity index is 1.43. The van der Waals surface area contributed by atoms with Gasteiger partial charge in [-0.1, -0.05) is 6.07 Å². The highest BCUT2D eigenvalue weighted by Crippen LogP contribution is 2.30. The molecule has 0 saturated heterocycles. The summed E-state index contributed by atoms with van der Waals surface area (Å²) in [5.74, 6) is -0.344. The van der Waals surface area contributed by atoms with Crippen molar-refractivity contribution < 1.29 is 19.1 Å². The van der Waals surface area contributed by atoms with E-state index in [1.54, 1.807) is 36.4 Å². The number of carbonyl (C=O) groups is 3. The van der Waals surface area contributed by atoms with Crippen molar-refractivity contribution in [2.75, 3.05) is 11.9 Å². The minimum Gasteiger partial charge on any atom is -0.484 e. The Labute approximate surface area is 162 Å². The van der Waals surface area contributed by atoms with Crippen LogP contribution in [-0.4, -0.2) is 24.3 Å². The van der Waals surface area contributed by atoms with E-state index in [2.05, 4.69) is 32.1 Å². The van der Waals surface area contributed by atoms with Gasteiger partial charge >= 0.3 is 0 Å². The topological polar surface area (TPSA) is 96.5 Å². The molecule has 1 fully saturated rings. The molecule has 9 heteroatoms. The molecular formula is C17H16BrN3O4S. The van der Waals surface area contributed by atoms with Gasteiger partial charge in [-0.3, -0.25) is 25.2 Å². The number of hydrazine groups is 1. The average molecular weight is 438 g/mol. The third kappa shape index (κ3) is 5.30. The Morgan fingerprint density at radius 3 is 2.65 bits per heavy atom. The molecule has 0 atom stereocenters. The van der Waals surface area contributed by atoms with E-state index in [0.717, 1.165) is 16.6 Å². The Morgan fingerprint density at radius 1 is 1.15 bits per heavy atom. The normalized spacial score (nSPS) is 13.0. The number of amides is 3. The number of halogens is 1. The molecule has 0 radical (unpaired) electrons. The summed E-state index contributed by atoms with van der Waals surface area (Å²) < 4.78 is 6.21. The first-order valence-corrected chi connectivity index (χ1v) is 9.50. The molecule has 0 unspecified atom stereocenters. The van der Waals surface area contributed by atoms with Crippen LogP contribution in [0.4, 0.5) is 5.69 Å². The van der Waals surface area contributed by atoms with Gasteiger partial charge in [0.1, 0.15) is 5.75 Å². The highest BCUT2D eigenvalue weighted by molar-refractivity contribution is 9.11. The predicted octanol–water partition coefficient (Wildman–Crippen LogP) is 2.70. The molecule has 3 N–H and O–H groups in total. The molecule has 7 nitrogen and oxygen atoms in total. The molecule has 1 aromatic heterocycles. The van der Waals surface area contributed by atoms with Gasteiger partial charge in [-0.15, -0.1) is 11.3 Å². The maximum absolute atomic E-state index is 11.8. The Bertz CT molecular complexity index is 835. The zero-order valence-corrected chi connectivity index (χ0v) is 16.0. The maximum atomic E-state index is 11.8. The number of carbonyl (C=O) groups excluding carboxylic acids is 3. The van der Waals surface area contributed by atoms with Crippen molar-refractivity contribution in [3.8, 4) is 5.75 Å². The molecule has 136 valence electrons. The van der Waals surface area contributed by atoms with E-state index in [-0.39, 0.29) is 18.4 Å². The number of anilines is 1. The van der Waals surface area contributed by atoms with E-state index in [1.165, 1.54) is 11.3 Å². The third-order valence-electron chi connectivity index (χ3n) is 3.53. The summed E-state index contributed by atoms with van der Waals surface area (Å²) in [4.78, 5) is 35.8. The van der Waals surface area contributed by atoms with Gasteiger partial charge in [-0.05, 0) is 53.0 Å². The average Bonchev–Trinajstić information content (AvgIpc) is 3.39. The number of ether oxygens (including phenoxy) is 1. The minimum atomic E-state index is -0.499. The van der Waals surface area contributed by atoms with Gasteiger partial charge in [0.15, 0.2) is 6.61 Å². The van der Waals surface area contributed by atoms with Crippen LogP contribution in [0.15, 0.2) is 40.2 Å². The van der Waals surface area contributed by atoms with E-state index < -0.39 is 11.8 Å². The summed E-state index contributed by atoms with van der Waals surface area (Å²) in [6, 6.07) is 10.2. The molecule has 1 aliphatic carbocycles. The van der Waals surface area contributed by atoms with E-state index in [9.17, 15) is 14.4 Å². The number of rotatable bonds is 6. The third-order valence-corrected chi connectivity index (χ3v) is 5.15. The first kappa shape index (κ1) is 18.4. The highest BCUT2D eigenvalue weighted by atomic mass is 79.9. The van der Waals surface area contributed by atoms with Gasteiger partial charge in [0.25, 0.3) is 11.8 Å². The van der Waals surface area contributed by atoms with Crippen molar-refractivity contribution in [2.45, 2.75) is 12.8 Å². The van der Waals surface area contributed by atoms with Crippen LogP contribution in [0.1, 0.15) is 22.5 Å². The van der Waals surface area contributed by atoms with Gasteiger partial charge in [-0.2, -0.15) is 0 Å². The second-order valence-electron chi connectivity index (χ2n) is 5.69. The van der Waals surface area contributed by atoms with Crippen LogP contribution in [0.3, 0.4) is 0 Å². The van der Waals surface area contributed by atoms with Crippen molar-refractivity contribution >= 4 is 50.7 Å². The van der Waals surface area contributed by atoms with Crippen molar-refractivity contribution in [2.24, 2.45) is 5.92 Å². The minimum absolute atomic E-state index is 0.00261. The lowest BCUT2D eigenvalue weighted by atomic mass is 10.3. The van der Waals surface area contributed by atoms with Gasteiger partial charge in [0.05, 0.1) is 8.66 Å². The molecule has 3 rings (SSSR count). The lowest BCUT2D eigenvalue weighted by molar-refractivity contribution is -0.123. The van der Waals surface area contributed by atoms with Gasteiger partial charge in [0.2, 0.25) is 5.91 Å². The quantitative estimate of drug-likeness (QED) is 0.605. The molecule has 0 bridgehead atoms. The van der Waals surface area contributed by atoms with Crippen molar-refractivity contribution in [1.29, 1.82) is 0 Å². The second kappa shape index (κ2) is 8.33. The molecule has 26 heavy (non-hydrogen) atoms. The summed E-state index contributed by atoms with van der Waals surface area (Å²) in [6.07, 6.45) is 1.85. The number of hydrogen-bond donors (Lipinski definition) is 3. The van der Waals surface area contributed by atoms with Crippen LogP contribution in [0, 0.1) is 5.92 Å². The molecule has 0 spiro atoms. The summed E-state index contributed by atoms with van der Waals surface area (Å²) in [7, 11) is 0. The van der Waals surface area contributed by atoms with E-state index in [1.807, 2.05) is 0 Å². The fourth-order valence-corrected chi connectivity index (χ4v) is 3.34. The summed E-state index contributed by atoms with van der Waals surface area (Å²) in [5, 5.41) is 2.81. The number of thiophene rings is 1. The molecular weight excluding hydrogens is 422 g/mol. The molecule has 1 heterocycles. The molecule has 1 saturated carbocycles. The van der Waals surface area contributed by atoms with E-state index >= 15 is 0 Å². The van der Waals surface area contributed by atoms with Crippen LogP contribution in [-0.2, 0) is 9.59 Å². The molecule has 2 aromatic rings. The number of hydrogen-bond acceptors (Lipinski definition) is 5. The smallest absolute Gasteiger partial charge is 0.279 e. The summed E-state index contributed by atoms with van der Waals surface area (Å²) in [5.41, 5.74) is 5.23. The maximum Gasteiger partial charge on any atom is 0.279 e. The zero-order valence-electron chi connectivity index (χ0n) is 13.6. The lowest BCUT2D eigenvalue weighted by Gasteiger charge is -2.10. The SMILES string of the molecule is O=C(COc1cccc(NC(=O)C2CC2)c1)NNC(=O)c1ccc(Br)s1. The Morgan fingerprint density at radius 2 is 1.96 bits per heavy atom. The fraction of sp³-hybridized carbons (Fsp3) is 0.235. The van der Waals surface area contributed by atoms with Crippen LogP contribution < -0.4 is 20.9 Å². The lowest BCUT2D eigenvalue weighted by Crippen LogP contribution is -2.43. The monoisotopic (exact) mass is 437 g/mol. The molecule has 1 aliphatic rings. The van der Waals surface area contributed by atoms with Gasteiger partial charge < -0.3 is 10.1 Å². The van der Waals surface area contributed by atoms with Crippen molar-refractivity contribution in [3.05, 3.63) is 45.1 Å². The van der Waals surface area contributed by atoms with Gasteiger partial charge in [0, 0.05) is 17.7 Å². The van der Waals surface area contributed by atoms with Gasteiger partial charge in [-0.25, -0.2) is 0 Å². The van der Waals surface area contributed by atoms with Crippen LogP contribution in [0.25, 0.3) is 0 Å². The first-order chi connectivity index (χ1) is 12.5. The predicted molar refractivity (Wildman–Crippen MR) is 101 cm³/mol. The summed E-state index contributed by atoms with van der Waals surface area (Å²) >= 11 is 4.53. The number of benzene rings is 1. The largest absolute Gasteiger partial charge is 0.484 e. The van der Waals surface area contributed by atoms with E-state index in [4.69, 9.17) is 4.74 Å². The Kier molecular flexibility index (Phi) is 5.89. The first-order valence-electron chi connectivity index (χ1n) is 7.89. The zero-order chi connectivity index (χ0) is 18.5. The van der Waals surface area contributed by atoms with Crippen LogP contribution in [0.5, 0.6) is 5.75 Å². The molecule has 0 aliphatic heterocycles. The van der Waals surface area contributed by atoms with Crippen molar-refractivity contribution in [1.82, 2.24) is 10.9 Å². The van der Waals surface area contributed by atoms with Crippen LogP contribution in [0.2, 0.25) is 0 Å². The fourth-order valence-electron chi connectivity index (χ4n) is 2.06.